The highest BCUT2D eigenvalue weighted by molar-refractivity contribution is 5.77. The van der Waals surface area contributed by atoms with Crippen LogP contribution in [0.5, 0.6) is 0 Å². The Hall–Kier alpha value is -1.27. The third-order valence-electron chi connectivity index (χ3n) is 12.8. The van der Waals surface area contributed by atoms with Crippen LogP contribution in [0.3, 0.4) is 0 Å². The minimum atomic E-state index is -1.69. The van der Waals surface area contributed by atoms with Crippen molar-refractivity contribution in [1.82, 2.24) is 0 Å². The van der Waals surface area contributed by atoms with Gasteiger partial charge in [-0.1, -0.05) is 19.4 Å². The summed E-state index contributed by atoms with van der Waals surface area (Å²) in [5.74, 6) is -0.570. The zero-order valence-corrected chi connectivity index (χ0v) is 26.3. The van der Waals surface area contributed by atoms with E-state index in [2.05, 4.69) is 13.0 Å². The molecule has 2 unspecified atom stereocenters. The molecular formula is C32H50O14. The van der Waals surface area contributed by atoms with Crippen LogP contribution in [0.1, 0.15) is 65.2 Å². The van der Waals surface area contributed by atoms with Crippen LogP contribution in [0.2, 0.25) is 0 Å². The van der Waals surface area contributed by atoms with Crippen LogP contribution >= 0.6 is 0 Å². The molecule has 1 spiro atoms. The number of carbonyl (C=O) groups excluding carboxylic acids is 1. The van der Waals surface area contributed by atoms with Crippen LogP contribution in [0.4, 0.5) is 0 Å². The minimum Gasteiger partial charge on any atom is -0.432 e. The molecule has 4 aliphatic carbocycles. The SMILES string of the molecule is C[C@@]12CCC[C@@](C)(C(=O)O[C@H]3O[C@@H](CO)[C@H](O)[C@@H](O)[C@@H]3O)[C@H]1CCC13C=C(CO)C(O[C@H]4O[C@H](CO)[C@@H](O)[C@H](O)[C@H]4O)(CC[C@H]12)C3. The first-order chi connectivity index (χ1) is 21.7. The molecule has 2 saturated heterocycles. The van der Waals surface area contributed by atoms with Crippen molar-refractivity contribution in [2.75, 3.05) is 19.8 Å². The lowest BCUT2D eigenvalue weighted by molar-refractivity contribution is -0.329. The van der Waals surface area contributed by atoms with Gasteiger partial charge in [-0.15, -0.1) is 0 Å². The highest BCUT2D eigenvalue weighted by Gasteiger charge is 2.68. The quantitative estimate of drug-likeness (QED) is 0.0835. The number of carbonyl (C=O) groups is 1. The van der Waals surface area contributed by atoms with Gasteiger partial charge >= 0.3 is 5.97 Å². The number of ether oxygens (including phenoxy) is 4. The Morgan fingerprint density at radius 1 is 0.783 bits per heavy atom. The van der Waals surface area contributed by atoms with Crippen molar-refractivity contribution in [1.29, 1.82) is 0 Å². The summed E-state index contributed by atoms with van der Waals surface area (Å²) in [5, 5.41) is 92.0. The van der Waals surface area contributed by atoms with Crippen LogP contribution in [0.25, 0.3) is 0 Å². The summed E-state index contributed by atoms with van der Waals surface area (Å²) in [5.41, 5.74) is -1.97. The summed E-state index contributed by atoms with van der Waals surface area (Å²) in [7, 11) is 0. The Morgan fingerprint density at radius 2 is 1.37 bits per heavy atom. The van der Waals surface area contributed by atoms with Crippen molar-refractivity contribution in [2.45, 2.75) is 132 Å². The van der Waals surface area contributed by atoms with Gasteiger partial charge in [0.25, 0.3) is 0 Å². The second-order valence-corrected chi connectivity index (χ2v) is 15.1. The summed E-state index contributed by atoms with van der Waals surface area (Å²) >= 11 is 0. The van der Waals surface area contributed by atoms with E-state index in [1.807, 2.05) is 6.92 Å². The van der Waals surface area contributed by atoms with Gasteiger partial charge in [0.1, 0.15) is 48.8 Å². The molecule has 46 heavy (non-hydrogen) atoms. The number of rotatable bonds is 7. The molecule has 0 amide bonds. The molecular weight excluding hydrogens is 608 g/mol. The Kier molecular flexibility index (Phi) is 9.21. The van der Waals surface area contributed by atoms with Crippen LogP contribution < -0.4 is 0 Å². The van der Waals surface area contributed by atoms with Crippen LogP contribution in [-0.4, -0.2) is 139 Å². The molecule has 2 bridgehead atoms. The largest absolute Gasteiger partial charge is 0.432 e. The highest BCUT2D eigenvalue weighted by atomic mass is 16.7. The van der Waals surface area contributed by atoms with Crippen molar-refractivity contribution in [3.8, 4) is 0 Å². The first kappa shape index (κ1) is 34.6. The van der Waals surface area contributed by atoms with Gasteiger partial charge in [-0.05, 0) is 80.1 Å². The smallest absolute Gasteiger partial charge is 0.314 e. The van der Waals surface area contributed by atoms with Gasteiger partial charge in [-0.25, -0.2) is 0 Å². The Morgan fingerprint density at radius 3 is 1.98 bits per heavy atom. The maximum atomic E-state index is 14.0. The Labute approximate surface area is 267 Å². The van der Waals surface area contributed by atoms with Crippen molar-refractivity contribution in [2.24, 2.45) is 28.1 Å². The summed E-state index contributed by atoms with van der Waals surface area (Å²) in [4.78, 5) is 14.0. The monoisotopic (exact) mass is 658 g/mol. The van der Waals surface area contributed by atoms with E-state index in [1.54, 1.807) is 0 Å². The van der Waals surface area contributed by atoms with Crippen LogP contribution in [0, 0.1) is 28.1 Å². The van der Waals surface area contributed by atoms with Gasteiger partial charge in [-0.2, -0.15) is 0 Å². The van der Waals surface area contributed by atoms with Gasteiger partial charge in [0.2, 0.25) is 6.29 Å². The van der Waals surface area contributed by atoms with E-state index in [9.17, 15) is 50.8 Å². The first-order valence-electron chi connectivity index (χ1n) is 16.5. The number of esters is 1. The standard InChI is InChI=1S/C32H50O14/c1-29-6-3-7-30(2,28(42)45-26-24(40)22(38)20(36)16(12-34)43-26)18(29)4-8-31-10-15(11-33)32(14-31,9-5-19(29)31)46-27-25(41)23(39)21(37)17(13-35)44-27/h10,16-27,33-41H,3-9,11-14H2,1-2H3/t16-,17+,18-,19-,20-,21+,22+,23-,24-,25+,26+,27+,29+,30+,31?,32?/m0/s1. The van der Waals surface area contributed by atoms with E-state index >= 15 is 0 Å². The number of aliphatic hydroxyl groups is 9. The number of fused-ring (bicyclic) bond motifs is 3. The lowest BCUT2D eigenvalue weighted by Gasteiger charge is -2.64. The number of allylic oxidation sites excluding steroid dienone is 1. The molecule has 0 aromatic rings. The lowest BCUT2D eigenvalue weighted by atomic mass is 9.40. The molecule has 2 heterocycles. The van der Waals surface area contributed by atoms with E-state index in [-0.39, 0.29) is 29.3 Å². The van der Waals surface area contributed by atoms with E-state index in [0.29, 0.717) is 44.1 Å². The maximum absolute atomic E-state index is 14.0. The first-order valence-corrected chi connectivity index (χ1v) is 16.5. The van der Waals surface area contributed by atoms with Gasteiger partial charge in [0, 0.05) is 0 Å². The zero-order chi connectivity index (χ0) is 33.4. The van der Waals surface area contributed by atoms with Gasteiger partial charge < -0.3 is 64.9 Å². The van der Waals surface area contributed by atoms with Crippen molar-refractivity contribution in [3.05, 3.63) is 11.6 Å². The maximum Gasteiger partial charge on any atom is 0.314 e. The van der Waals surface area contributed by atoms with E-state index in [0.717, 1.165) is 12.8 Å². The fraction of sp³-hybridized carbons (Fsp3) is 0.906. The molecule has 16 atom stereocenters. The van der Waals surface area contributed by atoms with E-state index in [4.69, 9.17) is 18.9 Å². The minimum absolute atomic E-state index is 0.104. The molecule has 3 saturated carbocycles. The fourth-order valence-corrected chi connectivity index (χ4v) is 10.4. The molecule has 14 heteroatoms. The predicted octanol–water partition coefficient (Wildman–Crippen LogP) is -1.79. The fourth-order valence-electron chi connectivity index (χ4n) is 10.4. The summed E-state index contributed by atoms with van der Waals surface area (Å²) in [6.45, 7) is 2.58. The zero-order valence-electron chi connectivity index (χ0n) is 26.3. The molecule has 9 N–H and O–H groups in total. The predicted molar refractivity (Wildman–Crippen MR) is 155 cm³/mol. The van der Waals surface area contributed by atoms with Crippen molar-refractivity contribution < 1.29 is 69.7 Å². The third-order valence-corrected chi connectivity index (χ3v) is 12.8. The highest BCUT2D eigenvalue weighted by Crippen LogP contribution is 2.72. The molecule has 6 aliphatic rings. The molecule has 6 rings (SSSR count). The molecule has 2 aliphatic heterocycles. The average Bonchev–Trinajstić information content (AvgIpc) is 3.26. The number of hydrogen-bond acceptors (Lipinski definition) is 14. The third kappa shape index (κ3) is 5.11. The summed E-state index contributed by atoms with van der Waals surface area (Å²) in [6, 6.07) is 0. The summed E-state index contributed by atoms with van der Waals surface area (Å²) in [6.07, 6.45) is -7.53. The van der Waals surface area contributed by atoms with Crippen LogP contribution in [-0.2, 0) is 23.7 Å². The average molecular weight is 659 g/mol. The van der Waals surface area contributed by atoms with E-state index in [1.165, 1.54) is 0 Å². The second-order valence-electron chi connectivity index (χ2n) is 15.1. The molecule has 14 nitrogen and oxygen atoms in total. The number of aliphatic hydroxyl groups excluding tert-OH is 9. The lowest BCUT2D eigenvalue weighted by Crippen LogP contribution is -2.63. The molecule has 5 fully saturated rings. The molecule has 0 aromatic carbocycles. The normalized spacial score (nSPS) is 53.6. The van der Waals surface area contributed by atoms with E-state index < -0.39 is 91.6 Å². The van der Waals surface area contributed by atoms with Crippen LogP contribution in [0.15, 0.2) is 11.6 Å². The molecule has 0 aromatic heterocycles. The van der Waals surface area contributed by atoms with Crippen molar-refractivity contribution >= 4 is 5.97 Å². The molecule has 0 radical (unpaired) electrons. The van der Waals surface area contributed by atoms with Gasteiger partial charge in [0.15, 0.2) is 6.29 Å². The topological polar surface area (TPSA) is 236 Å². The Balaban J connectivity index is 1.23. The van der Waals surface area contributed by atoms with Gasteiger partial charge in [-0.3, -0.25) is 4.79 Å². The number of hydrogen-bond donors (Lipinski definition) is 9. The second kappa shape index (κ2) is 12.3. The Bertz CT molecular complexity index is 1180. The van der Waals surface area contributed by atoms with Crippen molar-refractivity contribution in [3.63, 3.8) is 0 Å². The van der Waals surface area contributed by atoms with Gasteiger partial charge in [0.05, 0.1) is 30.8 Å². The molecule has 262 valence electrons. The summed E-state index contributed by atoms with van der Waals surface area (Å²) < 4.78 is 23.3.